The van der Waals surface area contributed by atoms with Crippen LogP contribution < -0.4 is 20.1 Å². The minimum Gasteiger partial charge on any atom is -0.490 e. The SMILES string of the molecule is COCCOc1cc2nccc(Oc3ccc(N(C(N)=O)c4ccccc4SC)cc3)c2cc1C#N. The molecule has 4 aromatic rings. The fourth-order valence-electron chi connectivity index (χ4n) is 3.67. The second-order valence-corrected chi connectivity index (χ2v) is 8.42. The summed E-state index contributed by atoms with van der Waals surface area (Å²) in [6, 6.07) is 21.3. The number of fused-ring (bicyclic) bond motifs is 1. The third-order valence-electron chi connectivity index (χ3n) is 5.34. The van der Waals surface area contributed by atoms with Gasteiger partial charge in [0.1, 0.15) is 29.9 Å². The molecule has 3 aromatic carbocycles. The van der Waals surface area contributed by atoms with Gasteiger partial charge in [-0.3, -0.25) is 9.88 Å². The Kier molecular flexibility index (Phi) is 7.90. The maximum absolute atomic E-state index is 12.3. The van der Waals surface area contributed by atoms with Gasteiger partial charge in [0.2, 0.25) is 0 Å². The molecule has 182 valence electrons. The zero-order valence-electron chi connectivity index (χ0n) is 19.8. The molecule has 0 spiro atoms. The number of nitrogens with two attached hydrogens (primary N) is 1. The van der Waals surface area contributed by atoms with Crippen molar-refractivity contribution in [3.05, 3.63) is 78.5 Å². The number of hydrogen-bond acceptors (Lipinski definition) is 7. The largest absolute Gasteiger partial charge is 0.490 e. The fourth-order valence-corrected chi connectivity index (χ4v) is 4.25. The fraction of sp³-hybridized carbons (Fsp3) is 0.148. The first-order chi connectivity index (χ1) is 17.5. The lowest BCUT2D eigenvalue weighted by atomic mass is 10.1. The lowest BCUT2D eigenvalue weighted by Crippen LogP contribution is -2.31. The van der Waals surface area contributed by atoms with E-state index >= 15 is 0 Å². The van der Waals surface area contributed by atoms with Crippen LogP contribution in [0.4, 0.5) is 16.2 Å². The van der Waals surface area contributed by atoms with Crippen molar-refractivity contribution in [2.24, 2.45) is 5.73 Å². The molecule has 9 heteroatoms. The van der Waals surface area contributed by atoms with E-state index in [1.807, 2.05) is 30.5 Å². The van der Waals surface area contributed by atoms with Crippen molar-refractivity contribution in [2.45, 2.75) is 4.90 Å². The number of nitrogens with zero attached hydrogens (tertiary/aromatic N) is 3. The number of ether oxygens (including phenoxy) is 3. The monoisotopic (exact) mass is 500 g/mol. The normalized spacial score (nSPS) is 10.6. The number of aromatic nitrogens is 1. The van der Waals surface area contributed by atoms with Gasteiger partial charge in [0, 0.05) is 29.7 Å². The Bertz CT molecular complexity index is 1420. The van der Waals surface area contributed by atoms with Crippen molar-refractivity contribution >= 4 is 40.1 Å². The van der Waals surface area contributed by atoms with Crippen molar-refractivity contribution < 1.29 is 19.0 Å². The van der Waals surface area contributed by atoms with Gasteiger partial charge in [0.15, 0.2) is 0 Å². The number of pyridine rings is 1. The Morgan fingerprint density at radius 3 is 2.56 bits per heavy atom. The molecule has 0 aliphatic rings. The smallest absolute Gasteiger partial charge is 0.323 e. The quantitative estimate of drug-likeness (QED) is 0.226. The topological polar surface area (TPSA) is 111 Å². The van der Waals surface area contributed by atoms with E-state index in [2.05, 4.69) is 11.1 Å². The molecule has 0 saturated heterocycles. The summed E-state index contributed by atoms with van der Waals surface area (Å²) in [7, 11) is 1.58. The zero-order chi connectivity index (χ0) is 25.5. The summed E-state index contributed by atoms with van der Waals surface area (Å²) < 4.78 is 16.8. The number of carbonyl (C=O) groups excluding carboxylic acids is 1. The first kappa shape index (κ1) is 24.9. The number of methoxy groups -OCH3 is 1. The number of para-hydroxylation sites is 1. The molecule has 0 radical (unpaired) electrons. The van der Waals surface area contributed by atoms with Crippen molar-refractivity contribution in [3.63, 3.8) is 0 Å². The van der Waals surface area contributed by atoms with Crippen molar-refractivity contribution in [3.8, 4) is 23.3 Å². The van der Waals surface area contributed by atoms with Gasteiger partial charge in [0.25, 0.3) is 0 Å². The summed E-state index contributed by atoms with van der Waals surface area (Å²) >= 11 is 1.53. The van der Waals surface area contributed by atoms with Crippen molar-refractivity contribution in [1.82, 2.24) is 4.98 Å². The minimum absolute atomic E-state index is 0.322. The number of rotatable bonds is 9. The minimum atomic E-state index is -0.585. The van der Waals surface area contributed by atoms with Crippen LogP contribution in [0.25, 0.3) is 10.9 Å². The van der Waals surface area contributed by atoms with E-state index in [1.54, 1.807) is 55.8 Å². The van der Waals surface area contributed by atoms with Gasteiger partial charge in [0.05, 0.1) is 29.1 Å². The summed E-state index contributed by atoms with van der Waals surface area (Å²) in [4.78, 5) is 19.1. The Morgan fingerprint density at radius 1 is 1.08 bits per heavy atom. The van der Waals surface area contributed by atoms with Gasteiger partial charge in [-0.1, -0.05) is 12.1 Å². The van der Waals surface area contributed by atoms with Crippen LogP contribution in [0.5, 0.6) is 17.2 Å². The number of benzene rings is 3. The third-order valence-corrected chi connectivity index (χ3v) is 6.12. The highest BCUT2D eigenvalue weighted by Gasteiger charge is 2.18. The average molecular weight is 501 g/mol. The second kappa shape index (κ2) is 11.4. The van der Waals surface area contributed by atoms with Gasteiger partial charge in [-0.05, 0) is 54.8 Å². The lowest BCUT2D eigenvalue weighted by Gasteiger charge is -2.23. The molecular weight excluding hydrogens is 476 g/mol. The number of urea groups is 1. The van der Waals surface area contributed by atoms with E-state index in [1.165, 1.54) is 16.7 Å². The van der Waals surface area contributed by atoms with E-state index in [-0.39, 0.29) is 0 Å². The Morgan fingerprint density at radius 2 is 1.86 bits per heavy atom. The Hall–Kier alpha value is -4.26. The van der Waals surface area contributed by atoms with Gasteiger partial charge in [-0.15, -0.1) is 11.8 Å². The highest BCUT2D eigenvalue weighted by molar-refractivity contribution is 7.98. The van der Waals surface area contributed by atoms with Crippen LogP contribution in [-0.4, -0.2) is 37.6 Å². The van der Waals surface area contributed by atoms with Gasteiger partial charge in [-0.2, -0.15) is 5.26 Å². The number of hydrogen-bond donors (Lipinski definition) is 1. The van der Waals surface area contributed by atoms with Crippen LogP contribution in [0.1, 0.15) is 5.56 Å². The summed E-state index contributed by atoms with van der Waals surface area (Å²) in [6.45, 7) is 0.731. The molecule has 4 rings (SSSR count). The zero-order valence-corrected chi connectivity index (χ0v) is 20.6. The summed E-state index contributed by atoms with van der Waals surface area (Å²) in [6.07, 6.45) is 3.57. The Labute approximate surface area is 213 Å². The molecule has 0 atom stereocenters. The average Bonchev–Trinajstić information content (AvgIpc) is 2.90. The first-order valence-corrected chi connectivity index (χ1v) is 12.2. The van der Waals surface area contributed by atoms with Crippen LogP contribution in [0.2, 0.25) is 0 Å². The maximum Gasteiger partial charge on any atom is 0.323 e. The molecule has 2 amide bonds. The molecule has 36 heavy (non-hydrogen) atoms. The number of primary amides is 1. The third kappa shape index (κ3) is 5.35. The van der Waals surface area contributed by atoms with Crippen LogP contribution in [0, 0.1) is 11.3 Å². The predicted octanol–water partition coefficient (Wildman–Crippen LogP) is 5.86. The number of thioether (sulfide) groups is 1. The molecule has 0 fully saturated rings. The highest BCUT2D eigenvalue weighted by atomic mass is 32.2. The van der Waals surface area contributed by atoms with Crippen LogP contribution in [0.3, 0.4) is 0 Å². The molecule has 0 aliphatic carbocycles. The standard InChI is InChI=1S/C27H24N4O4S/c1-33-13-14-34-25-16-22-21(15-18(25)17-28)24(11-12-30-22)35-20-9-7-19(8-10-20)31(27(29)32)23-5-3-4-6-26(23)36-2/h3-12,15-16H,13-14H2,1-2H3,(H2,29,32). The maximum atomic E-state index is 12.3. The number of carbonyl (C=O) groups is 1. The molecule has 0 unspecified atom stereocenters. The van der Waals surface area contributed by atoms with Crippen molar-refractivity contribution in [1.29, 1.82) is 5.26 Å². The number of nitriles is 1. The summed E-state index contributed by atoms with van der Waals surface area (Å²) in [5.74, 6) is 1.52. The molecule has 0 aliphatic heterocycles. The molecular formula is C27H24N4O4S. The Balaban J connectivity index is 1.63. The van der Waals surface area contributed by atoms with Crippen LogP contribution in [0.15, 0.2) is 77.8 Å². The van der Waals surface area contributed by atoms with E-state index in [0.717, 1.165) is 4.90 Å². The predicted molar refractivity (Wildman–Crippen MR) is 140 cm³/mol. The molecule has 1 heterocycles. The molecule has 8 nitrogen and oxygen atoms in total. The second-order valence-electron chi connectivity index (χ2n) is 7.57. The first-order valence-electron chi connectivity index (χ1n) is 11.0. The molecule has 0 saturated carbocycles. The molecule has 1 aromatic heterocycles. The van der Waals surface area contributed by atoms with Crippen LogP contribution >= 0.6 is 11.8 Å². The van der Waals surface area contributed by atoms with Gasteiger partial charge in [-0.25, -0.2) is 4.79 Å². The van der Waals surface area contributed by atoms with Crippen LogP contribution in [-0.2, 0) is 4.74 Å². The molecule has 2 N–H and O–H groups in total. The highest BCUT2D eigenvalue weighted by Crippen LogP contribution is 2.36. The molecule has 0 bridgehead atoms. The van der Waals surface area contributed by atoms with E-state index in [0.29, 0.717) is 58.3 Å². The van der Waals surface area contributed by atoms with Gasteiger partial charge < -0.3 is 19.9 Å². The van der Waals surface area contributed by atoms with Gasteiger partial charge >= 0.3 is 6.03 Å². The summed E-state index contributed by atoms with van der Waals surface area (Å²) in [5, 5.41) is 10.3. The number of anilines is 2. The number of amides is 2. The lowest BCUT2D eigenvalue weighted by molar-refractivity contribution is 0.146. The van der Waals surface area contributed by atoms with E-state index < -0.39 is 6.03 Å². The summed E-state index contributed by atoms with van der Waals surface area (Å²) in [5.41, 5.74) is 8.04. The van der Waals surface area contributed by atoms with E-state index in [4.69, 9.17) is 19.9 Å². The van der Waals surface area contributed by atoms with Crippen molar-refractivity contribution in [2.75, 3.05) is 31.5 Å². The van der Waals surface area contributed by atoms with E-state index in [9.17, 15) is 10.1 Å².